The number of nitrogens with zero attached hydrogens (tertiary/aromatic N) is 2. The van der Waals surface area contributed by atoms with E-state index in [0.717, 1.165) is 51.0 Å². The Bertz CT molecular complexity index is 659. The molecule has 33 heavy (non-hydrogen) atoms. The van der Waals surface area contributed by atoms with E-state index in [1.807, 2.05) is 27.8 Å². The maximum absolute atomic E-state index is 13.1. The third-order valence-electron chi connectivity index (χ3n) is 5.43. The number of halogens is 1. The van der Waals surface area contributed by atoms with E-state index < -0.39 is 17.9 Å². The predicted molar refractivity (Wildman–Crippen MR) is 130 cm³/mol. The summed E-state index contributed by atoms with van der Waals surface area (Å²) < 4.78 is 23.6. The van der Waals surface area contributed by atoms with Gasteiger partial charge in [0.05, 0.1) is 18.9 Å². The number of allylic oxidation sites excluding steroid dienone is 3. The molecule has 1 saturated heterocycles. The fourth-order valence-electron chi connectivity index (χ4n) is 3.70. The molecule has 8 heteroatoms. The Balaban J connectivity index is 2.46. The van der Waals surface area contributed by atoms with Crippen LogP contribution in [0.5, 0.6) is 0 Å². The second-order valence-electron chi connectivity index (χ2n) is 9.59. The number of ether oxygens (including phenoxy) is 2. The molecule has 0 aromatic carbocycles. The second-order valence-corrected chi connectivity index (χ2v) is 9.59. The van der Waals surface area contributed by atoms with E-state index in [9.17, 15) is 14.0 Å². The standard InChI is InChI=1S/C25H44FN3O4/c1-20(26)12-11-13-21(32-6)15-19-29-18-9-7-14-22(29)23(30)28(5)17-10-8-16-27-24(31)33-25(2,3)4/h11-13,20,22H,7-10,14-19H2,1-6H3,(H,27,31). The minimum absolute atomic E-state index is 0.122. The van der Waals surface area contributed by atoms with Gasteiger partial charge >= 0.3 is 6.09 Å². The van der Waals surface area contributed by atoms with Crippen molar-refractivity contribution < 1.29 is 23.5 Å². The molecular formula is C25H44FN3O4. The second kappa shape index (κ2) is 14.9. The molecule has 0 aromatic rings. The fourth-order valence-corrected chi connectivity index (χ4v) is 3.70. The summed E-state index contributed by atoms with van der Waals surface area (Å²) in [4.78, 5) is 28.8. The molecule has 1 fully saturated rings. The van der Waals surface area contributed by atoms with E-state index in [1.165, 1.54) is 13.0 Å². The maximum Gasteiger partial charge on any atom is 0.407 e. The number of nitrogens with one attached hydrogen (secondary N) is 1. The summed E-state index contributed by atoms with van der Waals surface area (Å²) in [5.74, 6) is 0.915. The quantitative estimate of drug-likeness (QED) is 0.260. The first-order valence-corrected chi connectivity index (χ1v) is 12.0. The van der Waals surface area contributed by atoms with E-state index in [1.54, 1.807) is 24.2 Å². The first-order valence-electron chi connectivity index (χ1n) is 12.0. The summed E-state index contributed by atoms with van der Waals surface area (Å²) in [6.07, 6.45) is 8.77. The van der Waals surface area contributed by atoms with Crippen LogP contribution in [0.3, 0.4) is 0 Å². The molecule has 0 aromatic heterocycles. The maximum atomic E-state index is 13.1. The number of amides is 2. The Hall–Kier alpha value is -2.09. The van der Waals surface area contributed by atoms with Crippen molar-refractivity contribution in [2.45, 2.75) is 84.0 Å². The first-order chi connectivity index (χ1) is 15.5. The summed E-state index contributed by atoms with van der Waals surface area (Å²) in [6, 6.07) is -0.122. The van der Waals surface area contributed by atoms with Crippen molar-refractivity contribution in [2.75, 3.05) is 40.3 Å². The van der Waals surface area contributed by atoms with Gasteiger partial charge in [0.2, 0.25) is 5.91 Å². The minimum atomic E-state index is -0.993. The number of piperidine rings is 1. The summed E-state index contributed by atoms with van der Waals surface area (Å²) in [5, 5.41) is 2.75. The number of carbonyl (C=O) groups excluding carboxylic acids is 2. The molecule has 2 atom stereocenters. The molecule has 1 heterocycles. The van der Waals surface area contributed by atoms with Crippen LogP contribution in [-0.2, 0) is 14.3 Å². The Morgan fingerprint density at radius 1 is 1.27 bits per heavy atom. The number of hydrogen-bond donors (Lipinski definition) is 1. The van der Waals surface area contributed by atoms with Crippen molar-refractivity contribution in [3.8, 4) is 0 Å². The Kier molecular flexibility index (Phi) is 13.1. The van der Waals surface area contributed by atoms with Crippen LogP contribution >= 0.6 is 0 Å². The van der Waals surface area contributed by atoms with Crippen molar-refractivity contribution in [3.63, 3.8) is 0 Å². The summed E-state index contributed by atoms with van der Waals surface area (Å²) in [7, 11) is 3.46. The van der Waals surface area contributed by atoms with Gasteiger partial charge in [0.15, 0.2) is 0 Å². The average Bonchev–Trinajstić information content (AvgIpc) is 2.74. The number of likely N-dealkylation sites (N-methyl/N-ethyl adjacent to an activating group) is 1. The van der Waals surface area contributed by atoms with Gasteiger partial charge in [-0.15, -0.1) is 0 Å². The highest BCUT2D eigenvalue weighted by Gasteiger charge is 2.30. The monoisotopic (exact) mass is 469 g/mol. The molecule has 1 aliphatic rings. The molecule has 190 valence electrons. The topological polar surface area (TPSA) is 71.1 Å². The zero-order chi connectivity index (χ0) is 24.9. The van der Waals surface area contributed by atoms with Gasteiger partial charge in [-0.25, -0.2) is 9.18 Å². The van der Waals surface area contributed by atoms with E-state index in [4.69, 9.17) is 9.47 Å². The van der Waals surface area contributed by atoms with Crippen LogP contribution in [-0.4, -0.2) is 80.0 Å². The highest BCUT2D eigenvalue weighted by Crippen LogP contribution is 2.20. The molecule has 1 rings (SSSR count). The molecule has 2 amide bonds. The van der Waals surface area contributed by atoms with Crippen molar-refractivity contribution >= 4 is 12.0 Å². The van der Waals surface area contributed by atoms with Crippen LogP contribution in [0.4, 0.5) is 9.18 Å². The number of alkyl carbamates (subject to hydrolysis) is 1. The zero-order valence-corrected chi connectivity index (χ0v) is 21.4. The molecule has 0 radical (unpaired) electrons. The largest absolute Gasteiger partial charge is 0.501 e. The van der Waals surface area contributed by atoms with E-state index in [2.05, 4.69) is 10.2 Å². The number of carbonyl (C=O) groups is 2. The SMILES string of the molecule is COC(=CC=CC(C)F)CCN1CCCCC1C(=O)N(C)CCCCNC(=O)OC(C)(C)C. The van der Waals surface area contributed by atoms with Crippen LogP contribution in [0.25, 0.3) is 0 Å². The lowest BCUT2D eigenvalue weighted by molar-refractivity contribution is -0.137. The van der Waals surface area contributed by atoms with Crippen LogP contribution in [0.2, 0.25) is 0 Å². The molecular weight excluding hydrogens is 425 g/mol. The third-order valence-corrected chi connectivity index (χ3v) is 5.43. The molecule has 7 nitrogen and oxygen atoms in total. The van der Waals surface area contributed by atoms with Gasteiger partial charge in [-0.1, -0.05) is 18.6 Å². The highest BCUT2D eigenvalue weighted by molar-refractivity contribution is 5.81. The van der Waals surface area contributed by atoms with Crippen LogP contribution < -0.4 is 5.32 Å². The Labute approximate surface area is 199 Å². The van der Waals surface area contributed by atoms with Gasteiger partial charge in [-0.3, -0.25) is 9.69 Å². The minimum Gasteiger partial charge on any atom is -0.501 e. The van der Waals surface area contributed by atoms with Crippen LogP contribution in [0.1, 0.15) is 66.2 Å². The first kappa shape index (κ1) is 28.9. The van der Waals surface area contributed by atoms with Gasteiger partial charge in [0.1, 0.15) is 11.8 Å². The molecule has 0 aliphatic carbocycles. The molecule has 1 aliphatic heterocycles. The van der Waals surface area contributed by atoms with Crippen molar-refractivity contribution in [1.82, 2.24) is 15.1 Å². The van der Waals surface area contributed by atoms with Gasteiger partial charge in [0.25, 0.3) is 0 Å². The number of hydrogen-bond acceptors (Lipinski definition) is 5. The predicted octanol–water partition coefficient (Wildman–Crippen LogP) is 4.44. The van der Waals surface area contributed by atoms with Crippen molar-refractivity contribution in [3.05, 3.63) is 24.0 Å². The number of methoxy groups -OCH3 is 1. The summed E-state index contributed by atoms with van der Waals surface area (Å²) in [6.45, 7) is 9.76. The van der Waals surface area contributed by atoms with E-state index >= 15 is 0 Å². The van der Waals surface area contributed by atoms with Gasteiger partial charge in [0, 0.05) is 33.1 Å². The van der Waals surface area contributed by atoms with Crippen LogP contribution in [0.15, 0.2) is 24.0 Å². The average molecular weight is 470 g/mol. The van der Waals surface area contributed by atoms with Crippen molar-refractivity contribution in [2.24, 2.45) is 0 Å². The zero-order valence-electron chi connectivity index (χ0n) is 21.4. The van der Waals surface area contributed by atoms with Gasteiger partial charge < -0.3 is 19.7 Å². The highest BCUT2D eigenvalue weighted by atomic mass is 19.1. The summed E-state index contributed by atoms with van der Waals surface area (Å²) in [5.41, 5.74) is -0.508. The number of likely N-dealkylation sites (tertiary alicyclic amines) is 1. The van der Waals surface area contributed by atoms with E-state index in [0.29, 0.717) is 19.5 Å². The summed E-state index contributed by atoms with van der Waals surface area (Å²) >= 11 is 0. The Morgan fingerprint density at radius 3 is 2.64 bits per heavy atom. The van der Waals surface area contributed by atoms with Crippen molar-refractivity contribution in [1.29, 1.82) is 0 Å². The number of alkyl halides is 1. The Morgan fingerprint density at radius 2 is 2.00 bits per heavy atom. The lowest BCUT2D eigenvalue weighted by Gasteiger charge is -2.37. The lowest BCUT2D eigenvalue weighted by atomic mass is 10.0. The molecule has 0 bridgehead atoms. The smallest absolute Gasteiger partial charge is 0.407 e. The lowest BCUT2D eigenvalue weighted by Crippen LogP contribution is -2.50. The van der Waals surface area contributed by atoms with Crippen LogP contribution in [0, 0.1) is 0 Å². The molecule has 0 spiro atoms. The third kappa shape index (κ3) is 12.7. The molecule has 1 N–H and O–H groups in total. The molecule has 2 unspecified atom stereocenters. The van der Waals surface area contributed by atoms with Gasteiger partial charge in [-0.05, 0) is 66.0 Å². The van der Waals surface area contributed by atoms with E-state index in [-0.39, 0.29) is 11.9 Å². The number of unbranched alkanes of at least 4 members (excludes halogenated alkanes) is 1. The van der Waals surface area contributed by atoms with Gasteiger partial charge in [-0.2, -0.15) is 0 Å². The number of rotatable bonds is 12. The fraction of sp³-hybridized carbons (Fsp3) is 0.760. The normalized spacial score (nSPS) is 18.8. The molecule has 0 saturated carbocycles.